The fourth-order valence-electron chi connectivity index (χ4n) is 0.606. The summed E-state index contributed by atoms with van der Waals surface area (Å²) in [5.41, 5.74) is 0.481. The zero-order valence-electron chi connectivity index (χ0n) is 5.41. The van der Waals surface area contributed by atoms with Crippen LogP contribution >= 0.6 is 11.8 Å². The summed E-state index contributed by atoms with van der Waals surface area (Å²) in [4.78, 5) is 16.2. The molecule has 0 aromatic carbocycles. The maximum absolute atomic E-state index is 10.3. The molecule has 11 heavy (non-hydrogen) atoms. The number of anilines is 1. The molecule has 0 aliphatic heterocycles. The van der Waals surface area contributed by atoms with Crippen LogP contribution in [0.2, 0.25) is 0 Å². The third kappa shape index (κ3) is 1.81. The molecule has 58 valence electrons. The van der Waals surface area contributed by atoms with Crippen molar-refractivity contribution < 1.29 is 9.90 Å². The van der Waals surface area contributed by atoms with E-state index in [1.807, 2.05) is 0 Å². The Morgan fingerprint density at radius 2 is 2.45 bits per heavy atom. The van der Waals surface area contributed by atoms with E-state index in [1.54, 1.807) is 6.07 Å². The Morgan fingerprint density at radius 1 is 1.73 bits per heavy atom. The number of carboxylic acid groups (broad SMARTS) is 1. The van der Waals surface area contributed by atoms with Gasteiger partial charge in [0.15, 0.2) is 0 Å². The molecule has 0 saturated heterocycles. The van der Waals surface area contributed by atoms with Gasteiger partial charge in [0.25, 0.3) is 0 Å². The van der Waals surface area contributed by atoms with Gasteiger partial charge in [-0.1, -0.05) is 0 Å². The first-order chi connectivity index (χ1) is 5.24. The van der Waals surface area contributed by atoms with E-state index in [9.17, 15) is 4.79 Å². The van der Waals surface area contributed by atoms with Crippen LogP contribution in [0, 0.1) is 0 Å². The van der Waals surface area contributed by atoms with Crippen LogP contribution in [0.15, 0.2) is 18.3 Å². The lowest BCUT2D eigenvalue weighted by atomic mass is 10.3. The van der Waals surface area contributed by atoms with Crippen LogP contribution in [-0.4, -0.2) is 16.1 Å². The minimum Gasteiger partial charge on any atom is -0.477 e. The first kappa shape index (κ1) is 7.81. The van der Waals surface area contributed by atoms with Crippen LogP contribution in [0.25, 0.3) is 0 Å². The highest BCUT2D eigenvalue weighted by Gasteiger charge is 2.03. The molecule has 0 saturated carbocycles. The average molecular weight is 173 g/mol. The first-order valence-corrected chi connectivity index (χ1v) is 3.18. The number of nitrogens with one attached hydrogen (secondary N) is 1. The van der Waals surface area contributed by atoms with Gasteiger partial charge in [0.2, 0.25) is 0 Å². The van der Waals surface area contributed by atoms with E-state index in [0.29, 0.717) is 5.69 Å². The van der Waals surface area contributed by atoms with Crippen molar-refractivity contribution in [2.45, 2.75) is 0 Å². The minimum absolute atomic E-state index is 0.0318. The Bertz CT molecular complexity index is 277. The van der Waals surface area contributed by atoms with Gasteiger partial charge >= 0.3 is 5.97 Å². The number of pyridine rings is 1. The third-order valence-corrected chi connectivity index (χ3v) is 1.31. The van der Waals surface area contributed by atoms with Gasteiger partial charge < -0.3 is 5.11 Å². The lowest BCUT2D eigenvalue weighted by Gasteiger charge is -1.96. The molecule has 1 aromatic rings. The Hall–Kier alpha value is -1.29. The molecule has 5 heteroatoms. The molecule has 4 nitrogen and oxygen atoms in total. The number of hydrogen-bond acceptors (Lipinski definition) is 3. The molecule has 0 bridgehead atoms. The molecule has 0 amide bonds. The molecule has 0 aliphatic carbocycles. The van der Waals surface area contributed by atoms with Crippen LogP contribution in [0.5, 0.6) is 0 Å². The lowest BCUT2D eigenvalue weighted by Crippen LogP contribution is -1.99. The Morgan fingerprint density at radius 3 is 3.00 bits per heavy atom. The van der Waals surface area contributed by atoms with Gasteiger partial charge in [0.1, 0.15) is 5.69 Å². The molecule has 0 spiro atoms. The van der Waals surface area contributed by atoms with E-state index < -0.39 is 5.97 Å². The van der Waals surface area contributed by atoms with Crippen molar-refractivity contribution in [1.82, 2.24) is 4.98 Å². The van der Waals surface area contributed by atoms with Crippen molar-refractivity contribution in [3.8, 4) is 0 Å². The Kier molecular flexibility index (Phi) is 2.28. The fourth-order valence-corrected chi connectivity index (χ4v) is 0.724. The number of hydrogen-bond donors (Lipinski definition) is 2. The second-order valence-electron chi connectivity index (χ2n) is 1.83. The summed E-state index contributed by atoms with van der Waals surface area (Å²) < 4.78 is 0. The summed E-state index contributed by atoms with van der Waals surface area (Å²) >= 11 is 5.23. The van der Waals surface area contributed by atoms with Crippen LogP contribution < -0.4 is 4.84 Å². The number of aromatic carboxylic acids is 1. The van der Waals surface area contributed by atoms with E-state index in [1.165, 1.54) is 12.3 Å². The second kappa shape index (κ2) is 3.21. The van der Waals surface area contributed by atoms with Gasteiger partial charge in [-0.2, -0.15) is 0 Å². The van der Waals surface area contributed by atoms with Crippen molar-refractivity contribution in [2.75, 3.05) is 4.84 Å². The van der Waals surface area contributed by atoms with E-state index in [4.69, 9.17) is 16.9 Å². The van der Waals surface area contributed by atoms with Crippen molar-refractivity contribution in [3.63, 3.8) is 0 Å². The standard InChI is InChI=1S/C6H5ClN2O2/c7-9-4-1-2-8-5(3-4)6(10)11/h1-3H,(H,8,9)(H,10,11). The summed E-state index contributed by atoms with van der Waals surface area (Å²) in [7, 11) is 0. The number of aromatic nitrogens is 1. The predicted molar refractivity (Wildman–Crippen MR) is 40.7 cm³/mol. The van der Waals surface area contributed by atoms with Gasteiger partial charge in [-0.05, 0) is 12.1 Å². The summed E-state index contributed by atoms with van der Waals surface area (Å²) in [6.07, 6.45) is 1.37. The number of halogens is 1. The molecule has 1 aromatic heterocycles. The lowest BCUT2D eigenvalue weighted by molar-refractivity contribution is 0.0690. The van der Waals surface area contributed by atoms with E-state index in [-0.39, 0.29) is 5.69 Å². The van der Waals surface area contributed by atoms with Crippen LogP contribution in [0.1, 0.15) is 10.5 Å². The molecule has 2 N–H and O–H groups in total. The zero-order valence-corrected chi connectivity index (χ0v) is 6.17. The van der Waals surface area contributed by atoms with E-state index in [0.717, 1.165) is 0 Å². The van der Waals surface area contributed by atoms with Crippen LogP contribution in [0.3, 0.4) is 0 Å². The molecule has 0 fully saturated rings. The van der Waals surface area contributed by atoms with Gasteiger partial charge in [-0.15, -0.1) is 0 Å². The average Bonchev–Trinajstić information content (AvgIpc) is 2.05. The summed E-state index contributed by atoms with van der Waals surface area (Å²) in [6.45, 7) is 0. The number of carboxylic acids is 1. The summed E-state index contributed by atoms with van der Waals surface area (Å²) in [5, 5.41) is 8.47. The maximum atomic E-state index is 10.3. The summed E-state index contributed by atoms with van der Waals surface area (Å²) in [5.74, 6) is -1.07. The molecule has 0 aliphatic rings. The van der Waals surface area contributed by atoms with Crippen LogP contribution in [0.4, 0.5) is 5.69 Å². The molecule has 0 radical (unpaired) electrons. The minimum atomic E-state index is -1.07. The van der Waals surface area contributed by atoms with Crippen molar-refractivity contribution in [3.05, 3.63) is 24.0 Å². The third-order valence-electron chi connectivity index (χ3n) is 1.09. The second-order valence-corrected chi connectivity index (χ2v) is 2.02. The highest BCUT2D eigenvalue weighted by molar-refractivity contribution is 6.24. The van der Waals surface area contributed by atoms with Gasteiger partial charge in [0.05, 0.1) is 5.69 Å². The number of nitrogens with zero attached hydrogens (tertiary/aromatic N) is 1. The SMILES string of the molecule is O=C(O)c1cc(NCl)ccn1. The van der Waals surface area contributed by atoms with Crippen molar-refractivity contribution in [1.29, 1.82) is 0 Å². The Labute approximate surface area is 67.9 Å². The summed E-state index contributed by atoms with van der Waals surface area (Å²) in [6, 6.07) is 2.91. The molecule has 1 heterocycles. The normalized spacial score (nSPS) is 9.18. The molecule has 1 rings (SSSR count). The highest BCUT2D eigenvalue weighted by Crippen LogP contribution is 2.08. The molecular formula is C6H5ClN2O2. The zero-order chi connectivity index (χ0) is 8.27. The smallest absolute Gasteiger partial charge is 0.354 e. The van der Waals surface area contributed by atoms with E-state index >= 15 is 0 Å². The number of carbonyl (C=O) groups is 1. The topological polar surface area (TPSA) is 62.2 Å². The largest absolute Gasteiger partial charge is 0.477 e. The van der Waals surface area contributed by atoms with Gasteiger partial charge in [0, 0.05) is 18.0 Å². The van der Waals surface area contributed by atoms with Gasteiger partial charge in [-0.3, -0.25) is 4.84 Å². The Balaban J connectivity index is 3.01. The van der Waals surface area contributed by atoms with E-state index in [2.05, 4.69) is 9.82 Å². The monoisotopic (exact) mass is 172 g/mol. The first-order valence-electron chi connectivity index (χ1n) is 2.80. The van der Waals surface area contributed by atoms with Crippen molar-refractivity contribution in [2.24, 2.45) is 0 Å². The number of rotatable bonds is 2. The van der Waals surface area contributed by atoms with Crippen molar-refractivity contribution >= 4 is 23.4 Å². The fraction of sp³-hybridized carbons (Fsp3) is 0. The van der Waals surface area contributed by atoms with Crippen LogP contribution in [-0.2, 0) is 0 Å². The maximum Gasteiger partial charge on any atom is 0.354 e. The molecule has 0 atom stereocenters. The highest BCUT2D eigenvalue weighted by atomic mass is 35.5. The quantitative estimate of drug-likeness (QED) is 0.661. The molecule has 0 unspecified atom stereocenters. The molecular weight excluding hydrogens is 168 g/mol. The van der Waals surface area contributed by atoms with Gasteiger partial charge in [-0.25, -0.2) is 9.78 Å². The predicted octanol–water partition coefficient (Wildman–Crippen LogP) is 1.35.